The van der Waals surface area contributed by atoms with Crippen molar-refractivity contribution in [1.29, 1.82) is 0 Å². The largest absolute Gasteiger partial charge is 0.244 e. The second-order valence-corrected chi connectivity index (χ2v) is 6.82. The zero-order valence-corrected chi connectivity index (χ0v) is 13.2. The fraction of sp³-hybridized carbons (Fsp3) is 0.615. The van der Waals surface area contributed by atoms with Gasteiger partial charge in [-0.1, -0.05) is 31.9 Å². The van der Waals surface area contributed by atoms with Gasteiger partial charge in [0, 0.05) is 18.8 Å². The highest BCUT2D eigenvalue weighted by molar-refractivity contribution is 7.89. The number of aromatic nitrogens is 1. The van der Waals surface area contributed by atoms with Crippen LogP contribution in [0, 0.1) is 0 Å². The molecule has 1 rings (SSSR count). The van der Waals surface area contributed by atoms with Gasteiger partial charge in [0.15, 0.2) is 0 Å². The van der Waals surface area contributed by atoms with Crippen molar-refractivity contribution in [3.8, 4) is 0 Å². The van der Waals surface area contributed by atoms with Crippen LogP contribution in [0.5, 0.6) is 0 Å². The van der Waals surface area contributed by atoms with Crippen LogP contribution in [0.15, 0.2) is 23.2 Å². The van der Waals surface area contributed by atoms with Gasteiger partial charge in [-0.05, 0) is 31.9 Å². The predicted molar refractivity (Wildman–Crippen MR) is 77.8 cm³/mol. The van der Waals surface area contributed by atoms with Crippen LogP contribution in [0.4, 0.5) is 0 Å². The lowest BCUT2D eigenvalue weighted by atomic mass is 10.2. The number of rotatable bonds is 7. The van der Waals surface area contributed by atoms with Gasteiger partial charge >= 0.3 is 0 Å². The Labute approximate surface area is 120 Å². The first-order chi connectivity index (χ1) is 8.93. The Balaban J connectivity index is 3.07. The van der Waals surface area contributed by atoms with Crippen molar-refractivity contribution in [1.82, 2.24) is 9.29 Å². The number of hydrogen-bond donors (Lipinski definition) is 0. The minimum absolute atomic E-state index is 0.0211. The molecule has 0 fully saturated rings. The van der Waals surface area contributed by atoms with E-state index in [-0.39, 0.29) is 10.9 Å². The molecule has 1 atom stereocenters. The summed E-state index contributed by atoms with van der Waals surface area (Å²) in [5.41, 5.74) is 0. The lowest BCUT2D eigenvalue weighted by molar-refractivity contribution is 0.324. The van der Waals surface area contributed by atoms with Gasteiger partial charge in [-0.2, -0.15) is 4.31 Å². The third-order valence-corrected chi connectivity index (χ3v) is 5.34. The van der Waals surface area contributed by atoms with E-state index in [4.69, 9.17) is 11.6 Å². The molecule has 0 saturated heterocycles. The molecule has 0 aliphatic carbocycles. The molecule has 0 aliphatic heterocycles. The predicted octanol–water partition coefficient (Wildman–Crippen LogP) is 3.32. The van der Waals surface area contributed by atoms with Crippen molar-refractivity contribution in [3.05, 3.63) is 23.5 Å². The van der Waals surface area contributed by atoms with Gasteiger partial charge in [0.25, 0.3) is 0 Å². The second-order valence-electron chi connectivity index (χ2n) is 4.54. The van der Waals surface area contributed by atoms with Crippen molar-refractivity contribution in [2.45, 2.75) is 51.0 Å². The van der Waals surface area contributed by atoms with Crippen molar-refractivity contribution in [2.24, 2.45) is 0 Å². The number of unbranched alkanes of at least 4 members (excludes halogenated alkanes) is 1. The van der Waals surface area contributed by atoms with Crippen LogP contribution in [-0.2, 0) is 10.0 Å². The summed E-state index contributed by atoms with van der Waals surface area (Å²) in [6, 6.07) is 2.99. The molecule has 1 unspecified atom stereocenters. The van der Waals surface area contributed by atoms with Crippen LogP contribution in [-0.4, -0.2) is 30.3 Å². The van der Waals surface area contributed by atoms with E-state index in [2.05, 4.69) is 4.98 Å². The Kier molecular flexibility index (Phi) is 6.23. The van der Waals surface area contributed by atoms with Crippen molar-refractivity contribution in [3.63, 3.8) is 0 Å². The molecule has 0 amide bonds. The number of hydrogen-bond acceptors (Lipinski definition) is 3. The van der Waals surface area contributed by atoms with E-state index < -0.39 is 10.0 Å². The zero-order valence-electron chi connectivity index (χ0n) is 11.6. The molecule has 19 heavy (non-hydrogen) atoms. The van der Waals surface area contributed by atoms with E-state index in [1.165, 1.54) is 18.3 Å². The molecule has 4 nitrogen and oxygen atoms in total. The number of halogens is 1. The highest BCUT2D eigenvalue weighted by Crippen LogP contribution is 2.20. The summed E-state index contributed by atoms with van der Waals surface area (Å²) >= 11 is 5.70. The van der Waals surface area contributed by atoms with Gasteiger partial charge in [0.2, 0.25) is 10.0 Å². The first kappa shape index (κ1) is 16.4. The highest BCUT2D eigenvalue weighted by atomic mass is 35.5. The Bertz CT molecular complexity index is 488. The molecule has 108 valence electrons. The molecular formula is C13H21ClN2O2S. The van der Waals surface area contributed by atoms with Crippen LogP contribution in [0.3, 0.4) is 0 Å². The van der Waals surface area contributed by atoms with E-state index in [9.17, 15) is 8.42 Å². The third-order valence-electron chi connectivity index (χ3n) is 3.12. The highest BCUT2D eigenvalue weighted by Gasteiger charge is 2.27. The fourth-order valence-electron chi connectivity index (χ4n) is 1.75. The maximum Gasteiger partial charge on any atom is 0.244 e. The number of pyridine rings is 1. The maximum atomic E-state index is 12.6. The molecular weight excluding hydrogens is 284 g/mol. The van der Waals surface area contributed by atoms with Gasteiger partial charge < -0.3 is 0 Å². The molecule has 1 heterocycles. The number of nitrogens with zero attached hydrogens (tertiary/aromatic N) is 2. The topological polar surface area (TPSA) is 50.3 Å². The Morgan fingerprint density at radius 1 is 1.37 bits per heavy atom. The lowest BCUT2D eigenvalue weighted by Crippen LogP contribution is -2.39. The monoisotopic (exact) mass is 304 g/mol. The minimum Gasteiger partial charge on any atom is -0.243 e. The van der Waals surface area contributed by atoms with Crippen molar-refractivity contribution in [2.75, 3.05) is 6.54 Å². The average molecular weight is 305 g/mol. The summed E-state index contributed by atoms with van der Waals surface area (Å²) in [7, 11) is -3.49. The summed E-state index contributed by atoms with van der Waals surface area (Å²) in [5.74, 6) is 0. The second kappa shape index (κ2) is 7.22. The fourth-order valence-corrected chi connectivity index (χ4v) is 3.55. The van der Waals surface area contributed by atoms with Gasteiger partial charge in [-0.3, -0.25) is 0 Å². The molecule has 0 aliphatic rings. The molecule has 0 bridgehead atoms. The molecule has 0 saturated carbocycles. The van der Waals surface area contributed by atoms with E-state index in [0.717, 1.165) is 19.3 Å². The van der Waals surface area contributed by atoms with Crippen LogP contribution in [0.2, 0.25) is 5.15 Å². The van der Waals surface area contributed by atoms with Gasteiger partial charge in [-0.25, -0.2) is 13.4 Å². The van der Waals surface area contributed by atoms with Crippen LogP contribution >= 0.6 is 11.6 Å². The van der Waals surface area contributed by atoms with E-state index in [1.54, 1.807) is 4.31 Å². The Morgan fingerprint density at radius 3 is 2.53 bits per heavy atom. The third kappa shape index (κ3) is 4.16. The SMILES string of the molecule is CCCCN(C(C)CC)S(=O)(=O)c1ccc(Cl)nc1. The smallest absolute Gasteiger partial charge is 0.243 e. The normalized spacial score (nSPS) is 13.7. The molecule has 6 heteroatoms. The first-order valence-corrected chi connectivity index (χ1v) is 8.38. The van der Waals surface area contributed by atoms with Gasteiger partial charge in [0.1, 0.15) is 10.0 Å². The van der Waals surface area contributed by atoms with Gasteiger partial charge in [-0.15, -0.1) is 0 Å². The van der Waals surface area contributed by atoms with Crippen molar-refractivity contribution < 1.29 is 8.42 Å². The lowest BCUT2D eigenvalue weighted by Gasteiger charge is -2.27. The summed E-state index contributed by atoms with van der Waals surface area (Å²) < 4.78 is 26.7. The minimum atomic E-state index is -3.49. The Hall–Kier alpha value is -0.650. The van der Waals surface area contributed by atoms with Gasteiger partial charge in [0.05, 0.1) is 0 Å². The standard InChI is InChI=1S/C13H21ClN2O2S/c1-4-6-9-16(11(3)5-2)19(17,18)12-7-8-13(14)15-10-12/h7-8,10-11H,4-6,9H2,1-3H3. The van der Waals surface area contributed by atoms with E-state index in [1.807, 2.05) is 20.8 Å². The summed E-state index contributed by atoms with van der Waals surface area (Å²) in [5, 5.41) is 0.294. The first-order valence-electron chi connectivity index (χ1n) is 6.56. The zero-order chi connectivity index (χ0) is 14.5. The average Bonchev–Trinajstić information content (AvgIpc) is 2.39. The quantitative estimate of drug-likeness (QED) is 0.726. The molecule has 0 N–H and O–H groups in total. The summed E-state index contributed by atoms with van der Waals surface area (Å²) in [6.45, 7) is 6.50. The van der Waals surface area contributed by atoms with Crippen LogP contribution in [0.25, 0.3) is 0 Å². The molecule has 0 aromatic carbocycles. The summed E-state index contributed by atoms with van der Waals surface area (Å²) in [4.78, 5) is 4.05. The Morgan fingerprint density at radius 2 is 2.05 bits per heavy atom. The molecule has 1 aromatic rings. The van der Waals surface area contributed by atoms with Crippen molar-refractivity contribution >= 4 is 21.6 Å². The van der Waals surface area contributed by atoms with E-state index >= 15 is 0 Å². The molecule has 0 radical (unpaired) electrons. The molecule has 0 spiro atoms. The maximum absolute atomic E-state index is 12.6. The molecule has 1 aromatic heterocycles. The summed E-state index contributed by atoms with van der Waals surface area (Å²) in [6.07, 6.45) is 3.91. The number of sulfonamides is 1. The van der Waals surface area contributed by atoms with E-state index in [0.29, 0.717) is 11.7 Å². The van der Waals surface area contributed by atoms with Crippen LogP contribution < -0.4 is 0 Å². The van der Waals surface area contributed by atoms with Crippen LogP contribution in [0.1, 0.15) is 40.0 Å².